The molecule has 0 N–H and O–H groups in total. The third kappa shape index (κ3) is 2.96. The van der Waals surface area contributed by atoms with Gasteiger partial charge in [0, 0.05) is 4.47 Å². The first kappa shape index (κ1) is 14.5. The van der Waals surface area contributed by atoms with Gasteiger partial charge in [0.1, 0.15) is 11.6 Å². The van der Waals surface area contributed by atoms with Crippen LogP contribution in [0.3, 0.4) is 0 Å². The summed E-state index contributed by atoms with van der Waals surface area (Å²) in [5.74, 6) is 0.218. The number of rotatable bonds is 2. The second-order valence-corrected chi connectivity index (χ2v) is 6.40. The number of fused-ring (bicyclic) bond motifs is 1. The van der Waals surface area contributed by atoms with E-state index in [-0.39, 0.29) is 18.3 Å². The number of halogens is 3. The van der Waals surface area contributed by atoms with Crippen molar-refractivity contribution in [3.05, 3.63) is 56.7 Å². The van der Waals surface area contributed by atoms with E-state index in [1.807, 2.05) is 18.2 Å². The van der Waals surface area contributed by atoms with Gasteiger partial charge in [-0.1, -0.05) is 22.0 Å². The second kappa shape index (κ2) is 5.77. The number of anilines is 1. The Hall–Kier alpha value is -1.40. The van der Waals surface area contributed by atoms with Gasteiger partial charge in [0.2, 0.25) is 0 Å². The Balaban J connectivity index is 1.96. The van der Waals surface area contributed by atoms with Crippen LogP contribution in [-0.2, 0) is 11.3 Å². The molecule has 21 heavy (non-hydrogen) atoms. The van der Waals surface area contributed by atoms with E-state index in [0.29, 0.717) is 22.5 Å². The molecule has 0 aliphatic carbocycles. The number of ether oxygens (including phenoxy) is 1. The summed E-state index contributed by atoms with van der Waals surface area (Å²) < 4.78 is 20.0. The number of benzene rings is 2. The molecule has 0 atom stereocenters. The van der Waals surface area contributed by atoms with E-state index in [0.717, 1.165) is 10.0 Å². The van der Waals surface area contributed by atoms with Gasteiger partial charge in [-0.2, -0.15) is 0 Å². The Morgan fingerprint density at radius 2 is 2.00 bits per heavy atom. The summed E-state index contributed by atoms with van der Waals surface area (Å²) in [7, 11) is 0. The van der Waals surface area contributed by atoms with E-state index in [1.54, 1.807) is 17.0 Å². The molecule has 1 aliphatic heterocycles. The second-order valence-electron chi connectivity index (χ2n) is 4.63. The van der Waals surface area contributed by atoms with E-state index in [4.69, 9.17) is 4.74 Å². The van der Waals surface area contributed by atoms with Crippen LogP contribution in [0, 0.1) is 5.82 Å². The molecule has 1 heterocycles. The quantitative estimate of drug-likeness (QED) is 0.734. The zero-order valence-electron chi connectivity index (χ0n) is 10.8. The van der Waals surface area contributed by atoms with Crippen LogP contribution in [0.4, 0.5) is 10.1 Å². The molecule has 1 amide bonds. The first-order valence-corrected chi connectivity index (χ1v) is 7.80. The molecule has 3 nitrogen and oxygen atoms in total. The molecule has 108 valence electrons. The maximum Gasteiger partial charge on any atom is 0.265 e. The van der Waals surface area contributed by atoms with Gasteiger partial charge in [0.25, 0.3) is 5.91 Å². The van der Waals surface area contributed by atoms with Gasteiger partial charge >= 0.3 is 0 Å². The topological polar surface area (TPSA) is 29.5 Å². The van der Waals surface area contributed by atoms with Crippen LogP contribution in [0.25, 0.3) is 0 Å². The minimum absolute atomic E-state index is 0.0109. The van der Waals surface area contributed by atoms with Crippen LogP contribution in [0.1, 0.15) is 5.56 Å². The Bertz CT molecular complexity index is 721. The molecule has 0 spiro atoms. The average molecular weight is 415 g/mol. The summed E-state index contributed by atoms with van der Waals surface area (Å²) in [6, 6.07) is 10.2. The highest BCUT2D eigenvalue weighted by molar-refractivity contribution is 9.10. The first-order chi connectivity index (χ1) is 10.0. The molecule has 0 fully saturated rings. The van der Waals surface area contributed by atoms with E-state index < -0.39 is 0 Å². The highest BCUT2D eigenvalue weighted by Crippen LogP contribution is 2.35. The molecule has 0 aromatic heterocycles. The summed E-state index contributed by atoms with van der Waals surface area (Å²) in [5, 5.41) is 0. The lowest BCUT2D eigenvalue weighted by Crippen LogP contribution is -2.38. The van der Waals surface area contributed by atoms with Crippen molar-refractivity contribution >= 4 is 43.5 Å². The summed E-state index contributed by atoms with van der Waals surface area (Å²) in [6.45, 7) is 0.377. The number of nitrogens with zero attached hydrogens (tertiary/aromatic N) is 1. The Morgan fingerprint density at radius 1 is 1.19 bits per heavy atom. The highest BCUT2D eigenvalue weighted by atomic mass is 79.9. The summed E-state index contributed by atoms with van der Waals surface area (Å²) in [4.78, 5) is 13.8. The number of carbonyl (C=O) groups excluding carboxylic acids is 1. The molecule has 3 rings (SSSR count). The van der Waals surface area contributed by atoms with Crippen molar-refractivity contribution in [2.45, 2.75) is 6.54 Å². The fourth-order valence-electron chi connectivity index (χ4n) is 2.17. The number of amides is 1. The fourth-order valence-corrected chi connectivity index (χ4v) is 2.94. The van der Waals surface area contributed by atoms with E-state index >= 15 is 0 Å². The lowest BCUT2D eigenvalue weighted by molar-refractivity contribution is -0.121. The van der Waals surface area contributed by atoms with Crippen molar-refractivity contribution < 1.29 is 13.9 Å². The maximum absolute atomic E-state index is 13.3. The predicted octanol–water partition coefficient (Wildman–Crippen LogP) is 4.28. The molecule has 0 unspecified atom stereocenters. The fraction of sp³-hybridized carbons (Fsp3) is 0.133. The van der Waals surface area contributed by atoms with E-state index in [9.17, 15) is 9.18 Å². The molecule has 0 saturated carbocycles. The Labute approximate surface area is 138 Å². The van der Waals surface area contributed by atoms with Gasteiger partial charge in [-0.25, -0.2) is 4.39 Å². The zero-order valence-corrected chi connectivity index (χ0v) is 13.9. The lowest BCUT2D eigenvalue weighted by atomic mass is 10.1. The van der Waals surface area contributed by atoms with Gasteiger partial charge in [0.15, 0.2) is 6.61 Å². The number of hydrogen-bond acceptors (Lipinski definition) is 2. The molecular weight excluding hydrogens is 405 g/mol. The molecule has 2 aromatic carbocycles. The normalized spacial score (nSPS) is 13.9. The Kier molecular flexibility index (Phi) is 3.99. The molecule has 1 aliphatic rings. The molecule has 2 aromatic rings. The predicted molar refractivity (Wildman–Crippen MR) is 84.9 cm³/mol. The lowest BCUT2D eigenvalue weighted by Gasteiger charge is -2.29. The molecule has 0 bridgehead atoms. The smallest absolute Gasteiger partial charge is 0.265 e. The third-order valence-electron chi connectivity index (χ3n) is 3.19. The van der Waals surface area contributed by atoms with Crippen LogP contribution < -0.4 is 9.64 Å². The number of hydrogen-bond donors (Lipinski definition) is 0. The van der Waals surface area contributed by atoms with Crippen LogP contribution in [0.5, 0.6) is 5.75 Å². The van der Waals surface area contributed by atoms with Crippen molar-refractivity contribution in [2.75, 3.05) is 11.5 Å². The third-order valence-corrected chi connectivity index (χ3v) is 4.29. The first-order valence-electron chi connectivity index (χ1n) is 6.21. The molecule has 0 saturated heterocycles. The largest absolute Gasteiger partial charge is 0.482 e. The zero-order chi connectivity index (χ0) is 15.0. The average Bonchev–Trinajstić information content (AvgIpc) is 2.46. The van der Waals surface area contributed by atoms with Gasteiger partial charge in [0.05, 0.1) is 16.7 Å². The molecule has 0 radical (unpaired) electrons. The van der Waals surface area contributed by atoms with Crippen molar-refractivity contribution in [1.82, 2.24) is 0 Å². The maximum atomic E-state index is 13.3. The number of carbonyl (C=O) groups is 1. The van der Waals surface area contributed by atoms with Crippen molar-refractivity contribution in [3.8, 4) is 5.75 Å². The van der Waals surface area contributed by atoms with Crippen LogP contribution >= 0.6 is 31.9 Å². The molecule has 6 heteroatoms. The van der Waals surface area contributed by atoms with E-state index in [2.05, 4.69) is 31.9 Å². The van der Waals surface area contributed by atoms with Crippen LogP contribution in [0.15, 0.2) is 45.3 Å². The monoisotopic (exact) mass is 413 g/mol. The SMILES string of the molecule is O=C1COc2ccc(Br)cc2N1Cc1ccc(F)c(Br)c1. The standard InChI is InChI=1S/C15H10Br2FNO2/c16-10-2-4-14-13(6-10)19(15(20)8-21-14)7-9-1-3-12(18)11(17)5-9/h1-6H,7-8H2. The van der Waals surface area contributed by atoms with Gasteiger partial charge in [-0.15, -0.1) is 0 Å². The van der Waals surface area contributed by atoms with Crippen molar-refractivity contribution in [2.24, 2.45) is 0 Å². The minimum Gasteiger partial charge on any atom is -0.482 e. The van der Waals surface area contributed by atoms with Crippen molar-refractivity contribution in [3.63, 3.8) is 0 Å². The Morgan fingerprint density at radius 3 is 2.76 bits per heavy atom. The summed E-state index contributed by atoms with van der Waals surface area (Å²) in [5.41, 5.74) is 1.55. The van der Waals surface area contributed by atoms with Gasteiger partial charge < -0.3 is 9.64 Å². The molecular formula is C15H10Br2FNO2. The van der Waals surface area contributed by atoms with Gasteiger partial charge in [-0.3, -0.25) is 4.79 Å². The highest BCUT2D eigenvalue weighted by Gasteiger charge is 2.25. The van der Waals surface area contributed by atoms with Crippen molar-refractivity contribution in [1.29, 1.82) is 0 Å². The summed E-state index contributed by atoms with van der Waals surface area (Å²) in [6.07, 6.45) is 0. The summed E-state index contributed by atoms with van der Waals surface area (Å²) >= 11 is 6.55. The van der Waals surface area contributed by atoms with Gasteiger partial charge in [-0.05, 0) is 51.8 Å². The van der Waals surface area contributed by atoms with Crippen LogP contribution in [-0.4, -0.2) is 12.5 Å². The van der Waals surface area contributed by atoms with Crippen LogP contribution in [0.2, 0.25) is 0 Å². The minimum atomic E-state index is -0.324. The van der Waals surface area contributed by atoms with E-state index in [1.165, 1.54) is 6.07 Å².